The Hall–Kier alpha value is -1.85. The fourth-order valence-corrected chi connectivity index (χ4v) is 2.94. The van der Waals surface area contributed by atoms with E-state index < -0.39 is 5.60 Å². The summed E-state index contributed by atoms with van der Waals surface area (Å²) >= 11 is 0. The summed E-state index contributed by atoms with van der Waals surface area (Å²) in [6.07, 6.45) is 4.63. The van der Waals surface area contributed by atoms with E-state index in [9.17, 15) is 5.11 Å². The van der Waals surface area contributed by atoms with E-state index >= 15 is 0 Å². The third-order valence-corrected chi connectivity index (χ3v) is 4.17. The highest BCUT2D eigenvalue weighted by Crippen LogP contribution is 2.25. The quantitative estimate of drug-likeness (QED) is 0.914. The molecule has 1 aliphatic rings. The van der Waals surface area contributed by atoms with Gasteiger partial charge in [0.15, 0.2) is 0 Å². The van der Waals surface area contributed by atoms with Crippen LogP contribution < -0.4 is 4.74 Å². The number of hydrogen-bond acceptors (Lipinski definition) is 4. The number of rotatable bonds is 5. The minimum absolute atomic E-state index is 0.335. The SMILES string of the molecule is Cc1ccccc1OCC1(O)CCN(Cc2cnn(C)c2)C1. The van der Waals surface area contributed by atoms with E-state index in [1.807, 2.05) is 50.6 Å². The van der Waals surface area contributed by atoms with Crippen LogP contribution in [0.25, 0.3) is 0 Å². The molecule has 0 amide bonds. The Morgan fingerprint density at radius 3 is 2.91 bits per heavy atom. The van der Waals surface area contributed by atoms with Crippen molar-refractivity contribution in [2.24, 2.45) is 7.05 Å². The lowest BCUT2D eigenvalue weighted by Gasteiger charge is -2.24. The normalized spacial score (nSPS) is 22.1. The number of nitrogens with zero attached hydrogens (tertiary/aromatic N) is 3. The molecule has 1 saturated heterocycles. The number of ether oxygens (including phenoxy) is 1. The summed E-state index contributed by atoms with van der Waals surface area (Å²) < 4.78 is 7.64. The highest BCUT2D eigenvalue weighted by atomic mass is 16.5. The summed E-state index contributed by atoms with van der Waals surface area (Å²) in [4.78, 5) is 2.25. The van der Waals surface area contributed by atoms with Crippen LogP contribution in [0, 0.1) is 6.92 Å². The standard InChI is InChI=1S/C17H23N3O2/c1-14-5-3-4-6-16(14)22-13-17(21)7-8-20(12-17)11-15-9-18-19(2)10-15/h3-6,9-10,21H,7-8,11-13H2,1-2H3. The van der Waals surface area contributed by atoms with E-state index in [2.05, 4.69) is 10.00 Å². The smallest absolute Gasteiger partial charge is 0.122 e. The van der Waals surface area contributed by atoms with Gasteiger partial charge >= 0.3 is 0 Å². The lowest BCUT2D eigenvalue weighted by atomic mass is 10.1. The Balaban J connectivity index is 1.55. The van der Waals surface area contributed by atoms with Gasteiger partial charge in [-0.05, 0) is 25.0 Å². The zero-order valence-corrected chi connectivity index (χ0v) is 13.2. The maximum absolute atomic E-state index is 10.7. The van der Waals surface area contributed by atoms with Gasteiger partial charge in [-0.2, -0.15) is 5.10 Å². The first-order chi connectivity index (χ1) is 10.5. The number of benzene rings is 1. The minimum Gasteiger partial charge on any atom is -0.490 e. The van der Waals surface area contributed by atoms with Crippen molar-refractivity contribution >= 4 is 0 Å². The van der Waals surface area contributed by atoms with Gasteiger partial charge in [0, 0.05) is 38.4 Å². The van der Waals surface area contributed by atoms with Crippen LogP contribution in [0.5, 0.6) is 5.75 Å². The highest BCUT2D eigenvalue weighted by molar-refractivity contribution is 5.31. The van der Waals surface area contributed by atoms with Crippen molar-refractivity contribution in [3.8, 4) is 5.75 Å². The molecule has 3 rings (SSSR count). The summed E-state index contributed by atoms with van der Waals surface area (Å²) in [5.74, 6) is 0.849. The number of para-hydroxylation sites is 1. The topological polar surface area (TPSA) is 50.5 Å². The van der Waals surface area contributed by atoms with Crippen molar-refractivity contribution in [1.29, 1.82) is 0 Å². The van der Waals surface area contributed by atoms with E-state index in [0.717, 1.165) is 30.8 Å². The third-order valence-electron chi connectivity index (χ3n) is 4.17. The van der Waals surface area contributed by atoms with Crippen molar-refractivity contribution in [3.05, 3.63) is 47.8 Å². The maximum atomic E-state index is 10.7. The Morgan fingerprint density at radius 2 is 2.18 bits per heavy atom. The molecule has 5 nitrogen and oxygen atoms in total. The van der Waals surface area contributed by atoms with E-state index in [1.165, 1.54) is 5.56 Å². The Labute approximate surface area is 131 Å². The van der Waals surface area contributed by atoms with Crippen LogP contribution >= 0.6 is 0 Å². The zero-order chi connectivity index (χ0) is 15.6. The first-order valence-electron chi connectivity index (χ1n) is 7.65. The van der Waals surface area contributed by atoms with Crippen molar-refractivity contribution in [3.63, 3.8) is 0 Å². The summed E-state index contributed by atoms with van der Waals surface area (Å²) in [6, 6.07) is 7.90. The van der Waals surface area contributed by atoms with E-state index in [1.54, 1.807) is 4.68 Å². The van der Waals surface area contributed by atoms with Gasteiger partial charge in [-0.25, -0.2) is 0 Å². The number of hydrogen-bond donors (Lipinski definition) is 1. The molecule has 1 N–H and O–H groups in total. The predicted octanol–water partition coefficient (Wildman–Crippen LogP) is 1.74. The van der Waals surface area contributed by atoms with Crippen molar-refractivity contribution in [2.75, 3.05) is 19.7 Å². The molecule has 5 heteroatoms. The van der Waals surface area contributed by atoms with Gasteiger partial charge in [-0.15, -0.1) is 0 Å². The largest absolute Gasteiger partial charge is 0.490 e. The molecule has 118 valence electrons. The van der Waals surface area contributed by atoms with Crippen LogP contribution in [0.15, 0.2) is 36.7 Å². The Morgan fingerprint density at radius 1 is 1.36 bits per heavy atom. The molecule has 0 saturated carbocycles. The molecular formula is C17H23N3O2. The molecule has 0 bridgehead atoms. The van der Waals surface area contributed by atoms with Gasteiger partial charge in [0.1, 0.15) is 18.0 Å². The van der Waals surface area contributed by atoms with Crippen LogP contribution in [0.1, 0.15) is 17.5 Å². The fourth-order valence-electron chi connectivity index (χ4n) is 2.94. The van der Waals surface area contributed by atoms with Gasteiger partial charge in [0.2, 0.25) is 0 Å². The third kappa shape index (κ3) is 3.48. The molecular weight excluding hydrogens is 278 g/mol. The number of likely N-dealkylation sites (tertiary alicyclic amines) is 1. The van der Waals surface area contributed by atoms with Gasteiger partial charge < -0.3 is 9.84 Å². The molecule has 2 aromatic rings. The van der Waals surface area contributed by atoms with Crippen molar-refractivity contribution in [2.45, 2.75) is 25.5 Å². The highest BCUT2D eigenvalue weighted by Gasteiger charge is 2.37. The fraction of sp³-hybridized carbons (Fsp3) is 0.471. The summed E-state index contributed by atoms with van der Waals surface area (Å²) in [6.45, 7) is 4.68. The molecule has 0 aliphatic carbocycles. The number of β-amino-alcohol motifs (C(OH)–C–C–N with tert-alkyl or cyclic N) is 1. The second-order valence-electron chi connectivity index (χ2n) is 6.26. The summed E-state index contributed by atoms with van der Waals surface area (Å²) in [7, 11) is 1.92. The zero-order valence-electron chi connectivity index (χ0n) is 13.2. The second-order valence-corrected chi connectivity index (χ2v) is 6.26. The van der Waals surface area contributed by atoms with Gasteiger partial charge in [0.05, 0.1) is 6.20 Å². The monoisotopic (exact) mass is 301 g/mol. The first kappa shape index (κ1) is 15.1. The Kier molecular flexibility index (Phi) is 4.18. The average Bonchev–Trinajstić information content (AvgIpc) is 3.05. The number of aryl methyl sites for hydroxylation is 2. The number of aromatic nitrogens is 2. The van der Waals surface area contributed by atoms with Crippen molar-refractivity contribution in [1.82, 2.24) is 14.7 Å². The van der Waals surface area contributed by atoms with E-state index in [4.69, 9.17) is 4.74 Å². The van der Waals surface area contributed by atoms with Crippen LogP contribution in [0.4, 0.5) is 0 Å². The van der Waals surface area contributed by atoms with Crippen LogP contribution in [0.2, 0.25) is 0 Å². The second kappa shape index (κ2) is 6.10. The summed E-state index contributed by atoms with van der Waals surface area (Å²) in [5, 5.41) is 14.9. The molecule has 22 heavy (non-hydrogen) atoms. The Bertz CT molecular complexity index is 640. The molecule has 1 aliphatic heterocycles. The van der Waals surface area contributed by atoms with E-state index in [0.29, 0.717) is 13.2 Å². The number of aliphatic hydroxyl groups is 1. The molecule has 1 fully saturated rings. The van der Waals surface area contributed by atoms with Gasteiger partial charge in [-0.3, -0.25) is 9.58 Å². The van der Waals surface area contributed by atoms with Crippen LogP contribution in [-0.4, -0.2) is 45.1 Å². The molecule has 1 aromatic heterocycles. The molecule has 1 aromatic carbocycles. The lowest BCUT2D eigenvalue weighted by molar-refractivity contribution is 0.00320. The van der Waals surface area contributed by atoms with Crippen LogP contribution in [-0.2, 0) is 13.6 Å². The lowest BCUT2D eigenvalue weighted by Crippen LogP contribution is -2.39. The van der Waals surface area contributed by atoms with Crippen molar-refractivity contribution < 1.29 is 9.84 Å². The molecule has 2 heterocycles. The molecule has 1 atom stereocenters. The summed E-state index contributed by atoms with van der Waals surface area (Å²) in [5.41, 5.74) is 1.49. The minimum atomic E-state index is -0.773. The van der Waals surface area contributed by atoms with E-state index in [-0.39, 0.29) is 0 Å². The van der Waals surface area contributed by atoms with Crippen LogP contribution in [0.3, 0.4) is 0 Å². The first-order valence-corrected chi connectivity index (χ1v) is 7.65. The van der Waals surface area contributed by atoms with Gasteiger partial charge in [-0.1, -0.05) is 18.2 Å². The maximum Gasteiger partial charge on any atom is 0.122 e. The predicted molar refractivity (Wildman–Crippen MR) is 84.7 cm³/mol. The molecule has 0 radical (unpaired) electrons. The molecule has 1 unspecified atom stereocenters. The van der Waals surface area contributed by atoms with Gasteiger partial charge in [0.25, 0.3) is 0 Å². The average molecular weight is 301 g/mol. The molecule has 0 spiro atoms.